The predicted octanol–water partition coefficient (Wildman–Crippen LogP) is 5.07. The summed E-state index contributed by atoms with van der Waals surface area (Å²) in [5, 5.41) is 2.72. The Bertz CT molecular complexity index is 1090. The zero-order chi connectivity index (χ0) is 20.0. The fraction of sp³-hybridized carbons (Fsp3) is 0.0455. The van der Waals surface area contributed by atoms with Crippen LogP contribution in [0.5, 0.6) is 0 Å². The number of nitrogens with one attached hydrogen (secondary N) is 1. The van der Waals surface area contributed by atoms with Crippen LogP contribution < -0.4 is 5.32 Å². The highest BCUT2D eigenvalue weighted by atomic mass is 79.9. The minimum atomic E-state index is -3.44. The minimum Gasteiger partial charge on any atom is -0.323 e. The van der Waals surface area contributed by atoms with Gasteiger partial charge in [-0.25, -0.2) is 8.42 Å². The van der Waals surface area contributed by atoms with Gasteiger partial charge in [-0.2, -0.15) is 0 Å². The van der Waals surface area contributed by atoms with Crippen molar-refractivity contribution >= 4 is 43.4 Å². The van der Waals surface area contributed by atoms with Gasteiger partial charge in [0, 0.05) is 16.2 Å². The van der Waals surface area contributed by atoms with Crippen LogP contribution in [0.25, 0.3) is 6.08 Å². The Kier molecular flexibility index (Phi) is 6.44. The summed E-state index contributed by atoms with van der Waals surface area (Å²) in [6, 6.07) is 22.8. The molecule has 0 fully saturated rings. The van der Waals surface area contributed by atoms with Crippen molar-refractivity contribution in [1.82, 2.24) is 0 Å². The summed E-state index contributed by atoms with van der Waals surface area (Å²) in [6.07, 6.45) is 3.14. The van der Waals surface area contributed by atoms with Gasteiger partial charge in [0.2, 0.25) is 5.91 Å². The maximum absolute atomic E-state index is 12.5. The van der Waals surface area contributed by atoms with E-state index in [0.717, 1.165) is 15.6 Å². The second-order valence-electron chi connectivity index (χ2n) is 6.11. The van der Waals surface area contributed by atoms with Gasteiger partial charge in [-0.05, 0) is 47.5 Å². The topological polar surface area (TPSA) is 63.2 Å². The van der Waals surface area contributed by atoms with Crippen molar-refractivity contribution in [3.8, 4) is 0 Å². The zero-order valence-corrected chi connectivity index (χ0v) is 17.3. The van der Waals surface area contributed by atoms with Crippen molar-refractivity contribution in [2.24, 2.45) is 0 Å². The van der Waals surface area contributed by atoms with Gasteiger partial charge in [0.05, 0.1) is 10.6 Å². The van der Waals surface area contributed by atoms with Crippen molar-refractivity contribution < 1.29 is 13.2 Å². The van der Waals surface area contributed by atoms with E-state index < -0.39 is 9.84 Å². The Balaban J connectivity index is 1.65. The number of carbonyl (C=O) groups excluding carboxylic acids is 1. The molecule has 0 aromatic heterocycles. The molecule has 1 amide bonds. The molecule has 0 atom stereocenters. The first kappa shape index (κ1) is 20.0. The molecule has 0 spiro atoms. The number of benzene rings is 3. The van der Waals surface area contributed by atoms with Gasteiger partial charge in [0.25, 0.3) is 0 Å². The molecule has 0 heterocycles. The Morgan fingerprint density at radius 3 is 2.21 bits per heavy atom. The van der Waals surface area contributed by atoms with Gasteiger partial charge in [-0.1, -0.05) is 64.5 Å². The molecule has 3 aromatic carbocycles. The largest absolute Gasteiger partial charge is 0.323 e. The molecule has 0 unspecified atom stereocenters. The average molecular weight is 456 g/mol. The van der Waals surface area contributed by atoms with E-state index in [9.17, 15) is 13.2 Å². The van der Waals surface area contributed by atoms with Crippen LogP contribution in [0, 0.1) is 0 Å². The number of sulfone groups is 1. The SMILES string of the molecule is O=C(/C=C/c1ccccc1Br)Nc1ccc(S(=O)(=O)Cc2ccccc2)cc1. The summed E-state index contributed by atoms with van der Waals surface area (Å²) in [6.45, 7) is 0. The second-order valence-corrected chi connectivity index (χ2v) is 8.96. The second kappa shape index (κ2) is 8.99. The molecule has 0 saturated heterocycles. The van der Waals surface area contributed by atoms with E-state index in [-0.39, 0.29) is 16.6 Å². The highest BCUT2D eigenvalue weighted by Crippen LogP contribution is 2.20. The lowest BCUT2D eigenvalue weighted by Crippen LogP contribution is -2.09. The van der Waals surface area contributed by atoms with Crippen LogP contribution in [-0.4, -0.2) is 14.3 Å². The summed E-state index contributed by atoms with van der Waals surface area (Å²) in [7, 11) is -3.44. The van der Waals surface area contributed by atoms with Crippen molar-refractivity contribution in [2.75, 3.05) is 5.32 Å². The van der Waals surface area contributed by atoms with Gasteiger partial charge in [0.1, 0.15) is 0 Å². The standard InChI is InChI=1S/C22H18BrNO3S/c23-21-9-5-4-8-18(21)10-15-22(25)24-19-11-13-20(14-12-19)28(26,27)16-17-6-2-1-3-7-17/h1-15H,16H2,(H,24,25)/b15-10+. The summed E-state index contributed by atoms with van der Waals surface area (Å²) in [5.74, 6) is -0.357. The van der Waals surface area contributed by atoms with Crippen molar-refractivity contribution in [3.05, 3.63) is 101 Å². The highest BCUT2D eigenvalue weighted by molar-refractivity contribution is 9.10. The number of rotatable bonds is 6. The van der Waals surface area contributed by atoms with E-state index in [0.29, 0.717) is 5.69 Å². The summed E-state index contributed by atoms with van der Waals surface area (Å²) < 4.78 is 25.9. The first-order chi connectivity index (χ1) is 13.4. The molecule has 0 bridgehead atoms. The quantitative estimate of drug-likeness (QED) is 0.527. The molecule has 28 heavy (non-hydrogen) atoms. The molecule has 3 aromatic rings. The number of anilines is 1. The van der Waals surface area contributed by atoms with E-state index in [2.05, 4.69) is 21.2 Å². The molecule has 3 rings (SSSR count). The van der Waals surface area contributed by atoms with Crippen LogP contribution in [0.1, 0.15) is 11.1 Å². The first-order valence-corrected chi connectivity index (χ1v) is 11.0. The van der Waals surface area contributed by atoms with Crippen LogP contribution in [0.2, 0.25) is 0 Å². The van der Waals surface area contributed by atoms with Gasteiger partial charge in [0.15, 0.2) is 9.84 Å². The van der Waals surface area contributed by atoms with Crippen LogP contribution in [0.3, 0.4) is 0 Å². The molecular formula is C22H18BrNO3S. The number of hydrogen-bond donors (Lipinski definition) is 1. The van der Waals surface area contributed by atoms with Crippen LogP contribution in [-0.2, 0) is 20.4 Å². The molecule has 0 aliphatic heterocycles. The predicted molar refractivity (Wildman–Crippen MR) is 116 cm³/mol. The van der Waals surface area contributed by atoms with Gasteiger partial charge in [-0.3, -0.25) is 4.79 Å². The molecule has 1 N–H and O–H groups in total. The molecule has 6 heteroatoms. The normalized spacial score (nSPS) is 11.5. The van der Waals surface area contributed by atoms with Crippen molar-refractivity contribution in [3.63, 3.8) is 0 Å². The number of amides is 1. The Morgan fingerprint density at radius 2 is 1.54 bits per heavy atom. The monoisotopic (exact) mass is 455 g/mol. The maximum Gasteiger partial charge on any atom is 0.248 e. The van der Waals surface area contributed by atoms with E-state index in [1.165, 1.54) is 18.2 Å². The minimum absolute atomic E-state index is 0.0613. The summed E-state index contributed by atoms with van der Waals surface area (Å²) in [5.41, 5.74) is 2.15. The maximum atomic E-state index is 12.5. The lowest BCUT2D eigenvalue weighted by molar-refractivity contribution is -0.111. The smallest absolute Gasteiger partial charge is 0.248 e. The number of hydrogen-bond acceptors (Lipinski definition) is 3. The number of carbonyl (C=O) groups is 1. The van der Waals surface area contributed by atoms with Crippen LogP contribution in [0.4, 0.5) is 5.69 Å². The number of halogens is 1. The lowest BCUT2D eigenvalue weighted by atomic mass is 10.2. The molecule has 142 valence electrons. The van der Waals surface area contributed by atoms with Gasteiger partial charge >= 0.3 is 0 Å². The summed E-state index contributed by atoms with van der Waals surface area (Å²) >= 11 is 3.42. The Morgan fingerprint density at radius 1 is 0.893 bits per heavy atom. The third kappa shape index (κ3) is 5.41. The average Bonchev–Trinajstić information content (AvgIpc) is 2.68. The van der Waals surface area contributed by atoms with E-state index in [4.69, 9.17) is 0 Å². The Hall–Kier alpha value is -2.70. The van der Waals surface area contributed by atoms with E-state index in [1.807, 2.05) is 42.5 Å². The fourth-order valence-corrected chi connectivity index (χ4v) is 4.35. The van der Waals surface area contributed by atoms with Gasteiger partial charge < -0.3 is 5.32 Å². The molecule has 0 aliphatic carbocycles. The van der Waals surface area contributed by atoms with E-state index in [1.54, 1.807) is 30.3 Å². The molecule has 0 saturated carbocycles. The van der Waals surface area contributed by atoms with Crippen molar-refractivity contribution in [1.29, 1.82) is 0 Å². The third-order valence-electron chi connectivity index (χ3n) is 4.00. The molecule has 0 aliphatic rings. The fourth-order valence-electron chi connectivity index (χ4n) is 2.58. The summed E-state index contributed by atoms with van der Waals surface area (Å²) in [4.78, 5) is 12.3. The highest BCUT2D eigenvalue weighted by Gasteiger charge is 2.15. The zero-order valence-electron chi connectivity index (χ0n) is 14.9. The van der Waals surface area contributed by atoms with Crippen molar-refractivity contribution in [2.45, 2.75) is 10.6 Å². The van der Waals surface area contributed by atoms with Crippen LogP contribution >= 0.6 is 15.9 Å². The lowest BCUT2D eigenvalue weighted by Gasteiger charge is -2.07. The molecular weight excluding hydrogens is 438 g/mol. The van der Waals surface area contributed by atoms with E-state index >= 15 is 0 Å². The third-order valence-corrected chi connectivity index (χ3v) is 6.43. The molecule has 4 nitrogen and oxygen atoms in total. The van der Waals surface area contributed by atoms with Gasteiger partial charge in [-0.15, -0.1) is 0 Å². The first-order valence-electron chi connectivity index (χ1n) is 8.54. The Labute approximate surface area is 173 Å². The van der Waals surface area contributed by atoms with Crippen LogP contribution in [0.15, 0.2) is 94.3 Å². The molecule has 0 radical (unpaired) electrons.